The summed E-state index contributed by atoms with van der Waals surface area (Å²) in [4.78, 5) is 0. The molecule has 0 aliphatic carbocycles. The van der Waals surface area contributed by atoms with Gasteiger partial charge in [0.05, 0.1) is 0 Å². The molecule has 0 radical (unpaired) electrons. The fourth-order valence-corrected chi connectivity index (χ4v) is 1.91. The van der Waals surface area contributed by atoms with Crippen LogP contribution >= 0.6 is 0 Å². The minimum atomic E-state index is 0.986. The molecule has 0 aromatic heterocycles. The quantitative estimate of drug-likeness (QED) is 0.511. The van der Waals surface area contributed by atoms with Crippen LogP contribution in [0.5, 0.6) is 0 Å². The third-order valence-electron chi connectivity index (χ3n) is 3.12. The van der Waals surface area contributed by atoms with E-state index in [1.807, 2.05) is 54.6 Å². The van der Waals surface area contributed by atoms with E-state index >= 15 is 0 Å². The zero-order chi connectivity index (χ0) is 14.8. The maximum atomic E-state index is 3.36. The van der Waals surface area contributed by atoms with E-state index in [0.29, 0.717) is 0 Å². The molecule has 0 fully saturated rings. The van der Waals surface area contributed by atoms with Crippen LogP contribution in [0.3, 0.4) is 0 Å². The van der Waals surface area contributed by atoms with Gasteiger partial charge >= 0.3 is 0 Å². The minimum absolute atomic E-state index is 0.986. The summed E-state index contributed by atoms with van der Waals surface area (Å²) >= 11 is 0. The van der Waals surface area contributed by atoms with Crippen LogP contribution in [0.15, 0.2) is 72.0 Å². The second-order valence-corrected chi connectivity index (χ2v) is 4.90. The number of allylic oxidation sites excluding steroid dienone is 1. The molecule has 0 amide bonds. The molecule has 0 spiro atoms. The largest absolute Gasteiger partial charge is 0.108 e. The molecule has 0 saturated heterocycles. The van der Waals surface area contributed by atoms with Crippen molar-refractivity contribution in [1.82, 2.24) is 0 Å². The Labute approximate surface area is 127 Å². The second-order valence-electron chi connectivity index (χ2n) is 4.90. The Morgan fingerprint density at radius 1 is 0.952 bits per heavy atom. The fraction of sp³-hybridized carbons (Fsp3) is 0.190. The first kappa shape index (κ1) is 14.9. The van der Waals surface area contributed by atoms with Gasteiger partial charge in [-0.2, -0.15) is 0 Å². The Balaban J connectivity index is 2.22. The van der Waals surface area contributed by atoms with Crippen molar-refractivity contribution in [3.63, 3.8) is 0 Å². The molecule has 0 bridgehead atoms. The lowest BCUT2D eigenvalue weighted by Crippen LogP contribution is -1.79. The molecule has 21 heavy (non-hydrogen) atoms. The highest BCUT2D eigenvalue weighted by Gasteiger charge is 1.92. The van der Waals surface area contributed by atoms with E-state index in [4.69, 9.17) is 0 Å². The number of rotatable bonds is 4. The van der Waals surface area contributed by atoms with Gasteiger partial charge in [0.15, 0.2) is 0 Å². The summed E-state index contributed by atoms with van der Waals surface area (Å²) in [7, 11) is 0. The molecule has 0 nitrogen and oxygen atoms in total. The molecular formula is C21H20. The van der Waals surface area contributed by atoms with Crippen LogP contribution in [0.1, 0.15) is 37.3 Å². The smallest absolute Gasteiger partial charge is 0.0442 e. The van der Waals surface area contributed by atoms with Crippen LogP contribution in [-0.2, 0) is 0 Å². The molecule has 0 N–H and O–H groups in total. The molecule has 0 heterocycles. The monoisotopic (exact) mass is 272 g/mol. The number of unbranched alkanes of at least 4 members (excludes halogenated alkanes) is 1. The number of benzene rings is 2. The van der Waals surface area contributed by atoms with Crippen molar-refractivity contribution in [1.29, 1.82) is 0 Å². The normalized spacial score (nSPS) is 9.19. The van der Waals surface area contributed by atoms with Crippen molar-refractivity contribution in [2.24, 2.45) is 0 Å². The molecule has 104 valence electrons. The van der Waals surface area contributed by atoms with Crippen LogP contribution < -0.4 is 0 Å². The lowest BCUT2D eigenvalue weighted by atomic mass is 10.1. The number of hydrogen-bond acceptors (Lipinski definition) is 0. The summed E-state index contributed by atoms with van der Waals surface area (Å²) in [5, 5.41) is 0. The summed E-state index contributed by atoms with van der Waals surface area (Å²) in [5.41, 5.74) is 6.64. The Kier molecular flexibility index (Phi) is 6.14. The van der Waals surface area contributed by atoms with Gasteiger partial charge in [-0.1, -0.05) is 73.7 Å². The second kappa shape index (κ2) is 8.64. The summed E-state index contributed by atoms with van der Waals surface area (Å²) in [6.45, 7) is 2.20. The van der Waals surface area contributed by atoms with Crippen molar-refractivity contribution in [3.05, 3.63) is 83.1 Å². The molecule has 0 aliphatic rings. The molecular weight excluding hydrogens is 252 g/mol. The third-order valence-corrected chi connectivity index (χ3v) is 3.12. The van der Waals surface area contributed by atoms with Gasteiger partial charge < -0.3 is 0 Å². The first-order valence-corrected chi connectivity index (χ1v) is 7.46. The minimum Gasteiger partial charge on any atom is -0.108 e. The van der Waals surface area contributed by atoms with Crippen LogP contribution in [0.2, 0.25) is 0 Å². The Bertz CT molecular complexity index is 660. The lowest BCUT2D eigenvalue weighted by Gasteiger charge is -1.95. The fourth-order valence-electron chi connectivity index (χ4n) is 1.91. The van der Waals surface area contributed by atoms with Crippen LogP contribution in [0, 0.1) is 11.8 Å². The van der Waals surface area contributed by atoms with Gasteiger partial charge in [0.2, 0.25) is 0 Å². The summed E-state index contributed by atoms with van der Waals surface area (Å²) < 4.78 is 0. The van der Waals surface area contributed by atoms with Crippen LogP contribution in [0.25, 0.3) is 6.08 Å². The van der Waals surface area contributed by atoms with Crippen molar-refractivity contribution in [3.8, 4) is 11.8 Å². The zero-order valence-electron chi connectivity index (χ0n) is 12.5. The molecule has 2 rings (SSSR count). The number of hydrogen-bond donors (Lipinski definition) is 0. The van der Waals surface area contributed by atoms with E-state index in [-0.39, 0.29) is 0 Å². The van der Waals surface area contributed by atoms with Gasteiger partial charge in [-0.15, -0.1) is 5.73 Å². The highest BCUT2D eigenvalue weighted by Crippen LogP contribution is 2.08. The zero-order valence-corrected chi connectivity index (χ0v) is 12.5. The third kappa shape index (κ3) is 5.57. The Morgan fingerprint density at radius 3 is 2.29 bits per heavy atom. The molecule has 0 atom stereocenters. The summed E-state index contributed by atoms with van der Waals surface area (Å²) in [6.07, 6.45) is 5.32. The predicted molar refractivity (Wildman–Crippen MR) is 90.8 cm³/mol. The van der Waals surface area contributed by atoms with E-state index in [1.54, 1.807) is 0 Å². The van der Waals surface area contributed by atoms with Crippen molar-refractivity contribution in [2.75, 3.05) is 0 Å². The van der Waals surface area contributed by atoms with Gasteiger partial charge in [0, 0.05) is 11.1 Å². The molecule has 0 saturated carbocycles. The Hall–Kier alpha value is -2.48. The average Bonchev–Trinajstić information content (AvgIpc) is 2.56. The van der Waals surface area contributed by atoms with Gasteiger partial charge in [-0.3, -0.25) is 0 Å². The maximum absolute atomic E-state index is 3.36. The van der Waals surface area contributed by atoms with E-state index in [9.17, 15) is 0 Å². The van der Waals surface area contributed by atoms with E-state index in [1.165, 1.54) is 6.42 Å². The predicted octanol–water partition coefficient (Wildman–Crippen LogP) is 5.47. The van der Waals surface area contributed by atoms with E-state index < -0.39 is 0 Å². The van der Waals surface area contributed by atoms with Gasteiger partial charge in [0.1, 0.15) is 0 Å². The average molecular weight is 272 g/mol. The molecule has 0 unspecified atom stereocenters. The Morgan fingerprint density at radius 2 is 1.62 bits per heavy atom. The standard InChI is InChI=1S/C21H20/c1-2-3-10-21(17-15-19-11-6-4-7-12-19)18-16-20-13-8-5-9-14-20/h4-9,11-15H,2-3,10H2,1H3. The first-order chi connectivity index (χ1) is 10.4. The highest BCUT2D eigenvalue weighted by atomic mass is 13.9. The molecule has 2 aromatic rings. The van der Waals surface area contributed by atoms with E-state index in [2.05, 4.69) is 36.6 Å². The molecule has 2 aromatic carbocycles. The summed E-state index contributed by atoms with van der Waals surface area (Å²) in [6, 6.07) is 20.4. The van der Waals surface area contributed by atoms with Crippen molar-refractivity contribution >= 4 is 6.08 Å². The maximum Gasteiger partial charge on any atom is 0.0442 e. The lowest BCUT2D eigenvalue weighted by molar-refractivity contribution is 0.802. The van der Waals surface area contributed by atoms with Gasteiger partial charge in [-0.05, 0) is 36.6 Å². The molecule has 0 heteroatoms. The van der Waals surface area contributed by atoms with Crippen molar-refractivity contribution < 1.29 is 0 Å². The SMILES string of the molecule is CCCCC(=C=Cc1ccccc1)C#Cc1ccccc1. The van der Waals surface area contributed by atoms with Crippen molar-refractivity contribution in [2.45, 2.75) is 26.2 Å². The molecule has 0 aliphatic heterocycles. The van der Waals surface area contributed by atoms with Crippen LogP contribution in [0.4, 0.5) is 0 Å². The topological polar surface area (TPSA) is 0 Å². The van der Waals surface area contributed by atoms with Gasteiger partial charge in [-0.25, -0.2) is 0 Å². The van der Waals surface area contributed by atoms with Crippen LogP contribution in [-0.4, -0.2) is 0 Å². The highest BCUT2D eigenvalue weighted by molar-refractivity contribution is 5.51. The first-order valence-electron chi connectivity index (χ1n) is 7.46. The van der Waals surface area contributed by atoms with E-state index in [0.717, 1.165) is 29.5 Å². The van der Waals surface area contributed by atoms with Gasteiger partial charge in [0.25, 0.3) is 0 Å². The summed E-state index contributed by atoms with van der Waals surface area (Å²) in [5.74, 6) is 6.49.